The van der Waals surface area contributed by atoms with Gasteiger partial charge in [-0.2, -0.15) is 0 Å². The van der Waals surface area contributed by atoms with E-state index in [1.165, 1.54) is 0 Å². The summed E-state index contributed by atoms with van der Waals surface area (Å²) in [5.74, 6) is 0.997. The van der Waals surface area contributed by atoms with E-state index in [-0.39, 0.29) is 5.91 Å². The highest BCUT2D eigenvalue weighted by atomic mass is 16.3. The molecule has 1 aliphatic heterocycles. The van der Waals surface area contributed by atoms with Gasteiger partial charge in [0.1, 0.15) is 5.58 Å². The van der Waals surface area contributed by atoms with E-state index in [1.807, 2.05) is 37.4 Å². The number of hydrogen-bond donors (Lipinski definition) is 1. The molecule has 1 N–H and O–H groups in total. The molecule has 0 saturated carbocycles. The van der Waals surface area contributed by atoms with Crippen LogP contribution in [0, 0.1) is 5.92 Å². The Morgan fingerprint density at radius 1 is 1.35 bits per heavy atom. The molecule has 1 fully saturated rings. The normalized spacial score (nSPS) is 16.4. The molecular formula is C16H20N2O2. The summed E-state index contributed by atoms with van der Waals surface area (Å²) in [7, 11) is 1.86. The number of carbonyl (C=O) groups is 1. The molecule has 4 nitrogen and oxygen atoms in total. The smallest absolute Gasteiger partial charge is 0.289 e. The van der Waals surface area contributed by atoms with Gasteiger partial charge >= 0.3 is 0 Å². The Bertz CT molecular complexity index is 566. The van der Waals surface area contributed by atoms with Crippen LogP contribution in [-0.4, -0.2) is 37.5 Å². The molecule has 0 bridgehead atoms. The number of nitrogens with one attached hydrogen (secondary N) is 1. The highest BCUT2D eigenvalue weighted by Gasteiger charge is 2.21. The van der Waals surface area contributed by atoms with Gasteiger partial charge in [-0.05, 0) is 44.0 Å². The van der Waals surface area contributed by atoms with E-state index in [1.54, 1.807) is 4.90 Å². The molecular weight excluding hydrogens is 252 g/mol. The number of carbonyl (C=O) groups excluding carboxylic acids is 1. The van der Waals surface area contributed by atoms with Crippen molar-refractivity contribution in [1.29, 1.82) is 0 Å². The van der Waals surface area contributed by atoms with Crippen molar-refractivity contribution in [2.24, 2.45) is 5.92 Å². The molecule has 0 aliphatic carbocycles. The number of amides is 1. The summed E-state index contributed by atoms with van der Waals surface area (Å²) in [6, 6.07) is 9.54. The van der Waals surface area contributed by atoms with E-state index < -0.39 is 0 Å². The van der Waals surface area contributed by atoms with Gasteiger partial charge in [-0.3, -0.25) is 4.79 Å². The lowest BCUT2D eigenvalue weighted by Gasteiger charge is -2.27. The predicted molar refractivity (Wildman–Crippen MR) is 78.8 cm³/mol. The maximum absolute atomic E-state index is 12.4. The SMILES string of the molecule is CN(CC1CCNCC1)C(=O)c1cc2ccccc2o1. The first kappa shape index (κ1) is 13.2. The van der Waals surface area contributed by atoms with Crippen LogP contribution in [0.3, 0.4) is 0 Å². The van der Waals surface area contributed by atoms with Crippen LogP contribution in [0.5, 0.6) is 0 Å². The quantitative estimate of drug-likeness (QED) is 0.933. The second-order valence-corrected chi connectivity index (χ2v) is 5.53. The highest BCUT2D eigenvalue weighted by Crippen LogP contribution is 2.21. The predicted octanol–water partition coefficient (Wildman–Crippen LogP) is 2.50. The van der Waals surface area contributed by atoms with Crippen molar-refractivity contribution < 1.29 is 9.21 Å². The van der Waals surface area contributed by atoms with Gasteiger partial charge < -0.3 is 14.6 Å². The number of hydrogen-bond acceptors (Lipinski definition) is 3. The summed E-state index contributed by atoms with van der Waals surface area (Å²) in [5, 5.41) is 4.32. The number of nitrogens with zero attached hydrogens (tertiary/aromatic N) is 1. The Kier molecular flexibility index (Phi) is 3.74. The molecule has 0 spiro atoms. The molecule has 2 heterocycles. The van der Waals surface area contributed by atoms with Crippen LogP contribution in [0.4, 0.5) is 0 Å². The first-order valence-corrected chi connectivity index (χ1v) is 7.19. The molecule has 106 valence electrons. The number of furan rings is 1. The van der Waals surface area contributed by atoms with Gasteiger partial charge in [0.15, 0.2) is 5.76 Å². The van der Waals surface area contributed by atoms with Gasteiger partial charge in [0, 0.05) is 19.0 Å². The number of para-hydroxylation sites is 1. The van der Waals surface area contributed by atoms with Crippen LogP contribution in [0.25, 0.3) is 11.0 Å². The minimum atomic E-state index is -0.0280. The van der Waals surface area contributed by atoms with Gasteiger partial charge in [-0.25, -0.2) is 0 Å². The average molecular weight is 272 g/mol. The summed E-state index contributed by atoms with van der Waals surface area (Å²) in [6.45, 7) is 2.91. The van der Waals surface area contributed by atoms with Crippen molar-refractivity contribution in [1.82, 2.24) is 10.2 Å². The fraction of sp³-hybridized carbons (Fsp3) is 0.438. The zero-order chi connectivity index (χ0) is 13.9. The number of rotatable bonds is 3. The minimum Gasteiger partial charge on any atom is -0.451 e. The molecule has 3 rings (SSSR count). The summed E-state index contributed by atoms with van der Waals surface area (Å²) in [6.07, 6.45) is 2.27. The lowest BCUT2D eigenvalue weighted by atomic mass is 9.97. The average Bonchev–Trinajstić information content (AvgIpc) is 2.91. The Morgan fingerprint density at radius 3 is 2.85 bits per heavy atom. The van der Waals surface area contributed by atoms with E-state index in [4.69, 9.17) is 4.42 Å². The van der Waals surface area contributed by atoms with Gasteiger partial charge in [0.05, 0.1) is 0 Å². The fourth-order valence-corrected chi connectivity index (χ4v) is 2.81. The molecule has 1 amide bonds. The summed E-state index contributed by atoms with van der Waals surface area (Å²) in [4.78, 5) is 14.2. The third kappa shape index (κ3) is 2.70. The molecule has 1 aromatic heterocycles. The molecule has 1 aliphatic rings. The maximum Gasteiger partial charge on any atom is 0.289 e. The van der Waals surface area contributed by atoms with Crippen molar-refractivity contribution >= 4 is 16.9 Å². The first-order chi connectivity index (χ1) is 9.74. The van der Waals surface area contributed by atoms with Gasteiger partial charge in [0.2, 0.25) is 0 Å². The number of fused-ring (bicyclic) bond motifs is 1. The van der Waals surface area contributed by atoms with Crippen molar-refractivity contribution in [2.75, 3.05) is 26.7 Å². The molecule has 20 heavy (non-hydrogen) atoms. The zero-order valence-electron chi connectivity index (χ0n) is 11.8. The largest absolute Gasteiger partial charge is 0.451 e. The van der Waals surface area contributed by atoms with Crippen LogP contribution in [-0.2, 0) is 0 Å². The van der Waals surface area contributed by atoms with Crippen LogP contribution < -0.4 is 5.32 Å². The lowest BCUT2D eigenvalue weighted by molar-refractivity contribution is 0.0733. The first-order valence-electron chi connectivity index (χ1n) is 7.19. The molecule has 1 saturated heterocycles. The van der Waals surface area contributed by atoms with Crippen LogP contribution >= 0.6 is 0 Å². The third-order valence-electron chi connectivity index (χ3n) is 3.97. The van der Waals surface area contributed by atoms with E-state index >= 15 is 0 Å². The molecule has 4 heteroatoms. The van der Waals surface area contributed by atoms with Crippen molar-refractivity contribution in [3.05, 3.63) is 36.1 Å². The Hall–Kier alpha value is -1.81. The molecule has 2 aromatic rings. The Morgan fingerprint density at radius 2 is 2.10 bits per heavy atom. The number of benzene rings is 1. The minimum absolute atomic E-state index is 0.0280. The standard InChI is InChI=1S/C16H20N2O2/c1-18(11-12-6-8-17-9-7-12)16(19)15-10-13-4-2-3-5-14(13)20-15/h2-5,10,12,17H,6-9,11H2,1H3. The fourth-order valence-electron chi connectivity index (χ4n) is 2.81. The van der Waals surface area contributed by atoms with E-state index in [0.29, 0.717) is 11.7 Å². The Balaban J connectivity index is 1.70. The highest BCUT2D eigenvalue weighted by molar-refractivity contribution is 5.95. The summed E-state index contributed by atoms with van der Waals surface area (Å²) < 4.78 is 5.64. The molecule has 0 radical (unpaired) electrons. The topological polar surface area (TPSA) is 45.5 Å². The lowest BCUT2D eigenvalue weighted by Crippen LogP contribution is -2.37. The summed E-state index contributed by atoms with van der Waals surface area (Å²) in [5.41, 5.74) is 0.770. The third-order valence-corrected chi connectivity index (χ3v) is 3.97. The molecule has 1 aromatic carbocycles. The van der Waals surface area contributed by atoms with Crippen molar-refractivity contribution in [3.8, 4) is 0 Å². The van der Waals surface area contributed by atoms with E-state index in [0.717, 1.165) is 43.4 Å². The van der Waals surface area contributed by atoms with Crippen LogP contribution in [0.1, 0.15) is 23.4 Å². The Labute approximate surface area is 118 Å². The van der Waals surface area contributed by atoms with Crippen molar-refractivity contribution in [2.45, 2.75) is 12.8 Å². The van der Waals surface area contributed by atoms with Crippen LogP contribution in [0.2, 0.25) is 0 Å². The molecule has 0 unspecified atom stereocenters. The van der Waals surface area contributed by atoms with Crippen molar-refractivity contribution in [3.63, 3.8) is 0 Å². The second kappa shape index (κ2) is 5.67. The van der Waals surface area contributed by atoms with Gasteiger partial charge in [-0.1, -0.05) is 18.2 Å². The van der Waals surface area contributed by atoms with E-state index in [2.05, 4.69) is 5.32 Å². The molecule has 0 atom stereocenters. The van der Waals surface area contributed by atoms with Crippen LogP contribution in [0.15, 0.2) is 34.7 Å². The van der Waals surface area contributed by atoms with E-state index in [9.17, 15) is 4.79 Å². The summed E-state index contributed by atoms with van der Waals surface area (Å²) >= 11 is 0. The van der Waals surface area contributed by atoms with Gasteiger partial charge in [-0.15, -0.1) is 0 Å². The maximum atomic E-state index is 12.4. The monoisotopic (exact) mass is 272 g/mol. The van der Waals surface area contributed by atoms with Gasteiger partial charge in [0.25, 0.3) is 5.91 Å². The second-order valence-electron chi connectivity index (χ2n) is 5.53. The zero-order valence-corrected chi connectivity index (χ0v) is 11.8. The number of piperidine rings is 1.